The molecule has 7 nitrogen and oxygen atoms in total. The fraction of sp³-hybridized carbons (Fsp3) is 0.562. The number of ether oxygens (including phenoxy) is 1. The normalized spacial score (nSPS) is 16.8. The molecule has 1 aromatic rings. The lowest BCUT2D eigenvalue weighted by atomic mass is 10.1. The van der Waals surface area contributed by atoms with Gasteiger partial charge in [0.1, 0.15) is 5.75 Å². The van der Waals surface area contributed by atoms with E-state index in [4.69, 9.17) is 0 Å². The summed E-state index contributed by atoms with van der Waals surface area (Å²) in [6.07, 6.45) is 0.349. The predicted molar refractivity (Wildman–Crippen MR) is 111 cm³/mol. The maximum Gasteiger partial charge on any atom is 0.511 e. The third-order valence-electron chi connectivity index (χ3n) is 4.23. The summed E-state index contributed by atoms with van der Waals surface area (Å²) < 4.78 is 90.0. The highest BCUT2D eigenvalue weighted by molar-refractivity contribution is 14.0. The van der Waals surface area contributed by atoms with Gasteiger partial charge >= 0.3 is 22.1 Å². The van der Waals surface area contributed by atoms with Gasteiger partial charge in [-0.1, -0.05) is 12.1 Å². The van der Waals surface area contributed by atoms with Crippen molar-refractivity contribution < 1.29 is 35.1 Å². The molecule has 1 aromatic carbocycles. The highest BCUT2D eigenvalue weighted by Crippen LogP contribution is 2.28. The van der Waals surface area contributed by atoms with Crippen LogP contribution >= 0.6 is 24.0 Å². The molecule has 0 unspecified atom stereocenters. The third kappa shape index (κ3) is 7.37. The summed E-state index contributed by atoms with van der Waals surface area (Å²) in [7, 11) is -3.83. The molecule has 0 saturated carbocycles. The van der Waals surface area contributed by atoms with E-state index in [1.807, 2.05) is 0 Å². The number of hydrogen-bond donors (Lipinski definition) is 2. The summed E-state index contributed by atoms with van der Waals surface area (Å²) in [6, 6.07) is 5.81. The molecule has 0 amide bonds. The molecule has 1 aliphatic heterocycles. The number of nitrogens with zero attached hydrogens (tertiary/aromatic N) is 2. The van der Waals surface area contributed by atoms with Crippen molar-refractivity contribution in [3.05, 3.63) is 29.8 Å². The minimum Gasteiger partial charge on any atom is -0.435 e. The van der Waals surface area contributed by atoms with E-state index in [1.54, 1.807) is 12.1 Å². The van der Waals surface area contributed by atoms with Crippen LogP contribution in [0, 0.1) is 0 Å². The SMILES string of the molecule is CN=C(NCc1cccc(OC(F)F)c1)NC1CCN(S(=O)(=O)C(F)(F)F)CC1.I. The predicted octanol–water partition coefficient (Wildman–Crippen LogP) is 2.89. The Kier molecular flexibility index (Phi) is 10.00. The van der Waals surface area contributed by atoms with Gasteiger partial charge in [0, 0.05) is 32.7 Å². The van der Waals surface area contributed by atoms with Crippen LogP contribution in [0.15, 0.2) is 29.3 Å². The van der Waals surface area contributed by atoms with Crippen LogP contribution < -0.4 is 15.4 Å². The van der Waals surface area contributed by atoms with Crippen molar-refractivity contribution in [2.75, 3.05) is 20.1 Å². The molecule has 0 spiro atoms. The van der Waals surface area contributed by atoms with E-state index in [0.717, 1.165) is 0 Å². The molecule has 1 saturated heterocycles. The van der Waals surface area contributed by atoms with E-state index < -0.39 is 22.1 Å². The van der Waals surface area contributed by atoms with Crippen LogP contribution in [0.3, 0.4) is 0 Å². The monoisotopic (exact) mass is 572 g/mol. The van der Waals surface area contributed by atoms with Crippen LogP contribution in [0.2, 0.25) is 0 Å². The zero-order valence-corrected chi connectivity index (χ0v) is 19.0. The average molecular weight is 572 g/mol. The molecular weight excluding hydrogens is 550 g/mol. The summed E-state index contributed by atoms with van der Waals surface area (Å²) in [6.45, 7) is -3.21. The Morgan fingerprint density at radius 1 is 1.30 bits per heavy atom. The molecule has 0 aromatic heterocycles. The van der Waals surface area contributed by atoms with E-state index >= 15 is 0 Å². The largest absolute Gasteiger partial charge is 0.511 e. The number of benzene rings is 1. The van der Waals surface area contributed by atoms with Crippen LogP contribution in [-0.4, -0.2) is 57.0 Å². The molecule has 0 atom stereocenters. The number of halogens is 6. The first-order valence-electron chi connectivity index (χ1n) is 8.60. The number of sulfonamides is 1. The smallest absolute Gasteiger partial charge is 0.435 e. The number of nitrogens with one attached hydrogen (secondary N) is 2. The van der Waals surface area contributed by atoms with Gasteiger partial charge in [0.25, 0.3) is 0 Å². The molecule has 2 N–H and O–H groups in total. The van der Waals surface area contributed by atoms with E-state index in [2.05, 4.69) is 20.4 Å². The first-order chi connectivity index (χ1) is 13.5. The average Bonchev–Trinajstić information content (AvgIpc) is 2.64. The van der Waals surface area contributed by atoms with E-state index in [-0.39, 0.29) is 68.2 Å². The first-order valence-corrected chi connectivity index (χ1v) is 10.0. The summed E-state index contributed by atoms with van der Waals surface area (Å²) in [5, 5.41) is 5.98. The molecule has 1 heterocycles. The quantitative estimate of drug-likeness (QED) is 0.237. The number of guanidine groups is 1. The van der Waals surface area contributed by atoms with Gasteiger partial charge in [-0.2, -0.15) is 26.3 Å². The van der Waals surface area contributed by atoms with Gasteiger partial charge in [-0.15, -0.1) is 24.0 Å². The van der Waals surface area contributed by atoms with Gasteiger partial charge in [0.15, 0.2) is 5.96 Å². The second-order valence-electron chi connectivity index (χ2n) is 6.22. The van der Waals surface area contributed by atoms with Gasteiger partial charge in [0.2, 0.25) is 0 Å². The number of piperidine rings is 1. The fourth-order valence-electron chi connectivity index (χ4n) is 2.79. The minimum atomic E-state index is -5.32. The Hall–Kier alpha value is -1.42. The number of aliphatic imine (C=N–C) groups is 1. The van der Waals surface area contributed by atoms with Crippen molar-refractivity contribution in [3.8, 4) is 5.75 Å². The van der Waals surface area contributed by atoms with E-state index in [1.165, 1.54) is 19.2 Å². The van der Waals surface area contributed by atoms with Gasteiger partial charge in [0.05, 0.1) is 0 Å². The number of rotatable bonds is 6. The molecule has 1 aliphatic rings. The van der Waals surface area contributed by atoms with E-state index in [9.17, 15) is 30.4 Å². The van der Waals surface area contributed by atoms with Crippen LogP contribution in [0.1, 0.15) is 18.4 Å². The van der Waals surface area contributed by atoms with Gasteiger partial charge in [-0.25, -0.2) is 8.42 Å². The lowest BCUT2D eigenvalue weighted by Gasteiger charge is -2.32. The number of hydrogen-bond acceptors (Lipinski definition) is 4. The van der Waals surface area contributed by atoms with Crippen LogP contribution in [0.4, 0.5) is 22.0 Å². The molecular formula is C16H22F5IN4O3S. The highest BCUT2D eigenvalue weighted by atomic mass is 127. The molecule has 0 bridgehead atoms. The Balaban J connectivity index is 0.00000450. The zero-order valence-electron chi connectivity index (χ0n) is 15.8. The lowest BCUT2D eigenvalue weighted by Crippen LogP contribution is -2.51. The zero-order chi connectivity index (χ0) is 21.7. The van der Waals surface area contributed by atoms with Crippen molar-refractivity contribution in [3.63, 3.8) is 0 Å². The van der Waals surface area contributed by atoms with Crippen molar-refractivity contribution in [2.24, 2.45) is 4.99 Å². The lowest BCUT2D eigenvalue weighted by molar-refractivity contribution is -0.0503. The van der Waals surface area contributed by atoms with Crippen LogP contribution in [0.5, 0.6) is 5.75 Å². The standard InChI is InChI=1S/C16H21F5N4O3S.HI/c1-22-15(23-10-11-3-2-4-13(9-11)28-14(17)18)24-12-5-7-25(8-6-12)29(26,27)16(19,20)21;/h2-4,9,12,14H,5-8,10H2,1H3,(H2,22,23,24);1H. The molecule has 14 heteroatoms. The summed E-state index contributed by atoms with van der Waals surface area (Å²) in [5.41, 5.74) is -4.66. The third-order valence-corrected chi connectivity index (χ3v) is 5.86. The topological polar surface area (TPSA) is 83.0 Å². The Morgan fingerprint density at radius 3 is 2.47 bits per heavy atom. The summed E-state index contributed by atoms with van der Waals surface area (Å²) in [4.78, 5) is 4.01. The fourth-order valence-corrected chi connectivity index (χ4v) is 3.78. The van der Waals surface area contributed by atoms with Crippen molar-refractivity contribution in [1.82, 2.24) is 14.9 Å². The van der Waals surface area contributed by atoms with Gasteiger partial charge in [-0.05, 0) is 30.5 Å². The van der Waals surface area contributed by atoms with Crippen molar-refractivity contribution in [1.29, 1.82) is 0 Å². The first kappa shape index (κ1) is 26.6. The second kappa shape index (κ2) is 11.3. The van der Waals surface area contributed by atoms with Crippen LogP contribution in [-0.2, 0) is 16.6 Å². The Bertz CT molecular complexity index is 815. The molecule has 0 radical (unpaired) electrons. The molecule has 30 heavy (non-hydrogen) atoms. The Morgan fingerprint density at radius 2 is 1.93 bits per heavy atom. The maximum atomic E-state index is 12.6. The summed E-state index contributed by atoms with van der Waals surface area (Å²) in [5.74, 6) is 0.364. The maximum absolute atomic E-state index is 12.6. The minimum absolute atomic E-state index is 0. The van der Waals surface area contributed by atoms with Gasteiger partial charge in [-0.3, -0.25) is 4.99 Å². The number of alkyl halides is 5. The Labute approximate surface area is 188 Å². The molecule has 172 valence electrons. The van der Waals surface area contributed by atoms with Crippen LogP contribution in [0.25, 0.3) is 0 Å². The highest BCUT2D eigenvalue weighted by Gasteiger charge is 2.50. The van der Waals surface area contributed by atoms with Gasteiger partial charge < -0.3 is 15.4 Å². The summed E-state index contributed by atoms with van der Waals surface area (Å²) >= 11 is 0. The molecule has 0 aliphatic carbocycles. The van der Waals surface area contributed by atoms with Crippen molar-refractivity contribution in [2.45, 2.75) is 37.5 Å². The molecule has 2 rings (SSSR count). The molecule has 1 fully saturated rings. The van der Waals surface area contributed by atoms with E-state index in [0.29, 0.717) is 15.8 Å². The second-order valence-corrected chi connectivity index (χ2v) is 8.15. The van der Waals surface area contributed by atoms with Crippen molar-refractivity contribution >= 4 is 40.0 Å².